The lowest BCUT2D eigenvalue weighted by molar-refractivity contribution is -0.147. The highest BCUT2D eigenvalue weighted by Gasteiger charge is 2.49. The summed E-state index contributed by atoms with van der Waals surface area (Å²) in [6.07, 6.45) is 2.80. The summed E-state index contributed by atoms with van der Waals surface area (Å²) in [6.45, 7) is 4.54. The zero-order chi connectivity index (χ0) is 71.9. The molecule has 3 aliphatic heterocycles. The molecule has 12 N–H and O–H groups in total. The van der Waals surface area contributed by atoms with Crippen molar-refractivity contribution in [3.63, 3.8) is 0 Å². The minimum absolute atomic E-state index is 0.0126. The quantitative estimate of drug-likeness (QED) is 0.0705. The number of allylic oxidation sites excluding steroid dienone is 1. The fourth-order valence-corrected chi connectivity index (χ4v) is 15.2. The van der Waals surface area contributed by atoms with E-state index in [0.29, 0.717) is 82.3 Å². The van der Waals surface area contributed by atoms with Gasteiger partial charge in [-0.15, -0.1) is 0 Å². The van der Waals surface area contributed by atoms with Gasteiger partial charge in [0.1, 0.15) is 65.0 Å². The number of primary amides is 1. The lowest BCUT2D eigenvalue weighted by Gasteiger charge is -2.37. The Morgan fingerprint density at radius 1 is 0.760 bits per heavy atom. The van der Waals surface area contributed by atoms with E-state index in [1.54, 1.807) is 54.7 Å². The molecule has 28 heteroatoms. The molecule has 1 aromatic heterocycles. The molecule has 5 aromatic rings. The number of halogens is 3. The molecule has 0 saturated carbocycles. The Labute approximate surface area is 586 Å². The Balaban J connectivity index is 1.05. The van der Waals surface area contributed by atoms with E-state index in [1.807, 2.05) is 0 Å². The second-order valence-electron chi connectivity index (χ2n) is 26.3. The van der Waals surface area contributed by atoms with Crippen molar-refractivity contribution in [2.75, 3.05) is 38.2 Å². The number of aromatic nitrogens is 1. The van der Waals surface area contributed by atoms with Crippen LogP contribution < -0.4 is 48.1 Å². The number of aromatic amines is 1. The van der Waals surface area contributed by atoms with Gasteiger partial charge in [0.25, 0.3) is 0 Å². The average Bonchev–Trinajstić information content (AvgIpc) is 1.62. The van der Waals surface area contributed by atoms with Crippen molar-refractivity contribution in [3.8, 4) is 5.75 Å². The summed E-state index contributed by atoms with van der Waals surface area (Å²) < 4.78 is 50.7. The second kappa shape index (κ2) is 34.6. The molecule has 4 aromatic carbocycles. The number of thioether (sulfide) groups is 2. The number of unbranched alkanes of at least 4 members (excludes halogenated alkanes) is 1. The SMILES string of the molecule is COc1ccc(C[C@@H]2NC(=O)[C@H]([C@@H](C)O)NC(=O)[C@@H]3CCCN3C(=O)[C@H](CC3=CCc4ccc(F)cc43)NC(=O)[C@H](Cc3c[nH]c4ccc(F)cc34)CC(=O)[C@@H](C)NC(=O)[C@H](CCCCN)NC(=O)CCSCc3cc(ccc3F)CSC[C@@H](C(N)=O)NC(=O)[C@]3(C)CCCN3C2=O)cc1. The van der Waals surface area contributed by atoms with Gasteiger partial charge >= 0.3 is 0 Å². The third-order valence-corrected chi connectivity index (χ3v) is 21.1. The molecule has 2 saturated heterocycles. The first-order valence-electron chi connectivity index (χ1n) is 33.8. The van der Waals surface area contributed by atoms with Gasteiger partial charge < -0.3 is 68.0 Å². The van der Waals surface area contributed by atoms with Gasteiger partial charge in [-0.25, -0.2) is 13.2 Å². The monoisotopic (exact) mass is 1420 g/mol. The number of nitrogens with zero attached hydrogens (tertiary/aromatic N) is 2. The minimum Gasteiger partial charge on any atom is -0.497 e. The summed E-state index contributed by atoms with van der Waals surface area (Å²) in [5.41, 5.74) is 14.3. The molecular formula is C72H88F3N11O12S2. The maximum Gasteiger partial charge on any atom is 0.246 e. The van der Waals surface area contributed by atoms with Crippen molar-refractivity contribution < 1.29 is 71.0 Å². The number of hydrogen-bond donors (Lipinski definition) is 10. The predicted octanol–water partition coefficient (Wildman–Crippen LogP) is 4.85. The zero-order valence-corrected chi connectivity index (χ0v) is 58.1. The standard InChI is InChI=1S/C72H88F3N11O12S2/c1-40-61(88)33-46(31-47-36-78-55-22-18-50(74)35-53(47)55)65(91)81-58(32-45-15-14-44-16-17-49(73)34-52(44)45)69(95)85-26-7-10-60(85)67(93)84-63(41(2)87)68(94)82-57(30-42-11-19-51(98-4)20-12-42)70(96)86-27-8-24-72(86,3)71(97)83-59(64(77)90)39-100-37-43-13-21-54(75)48(29-43)38-99-28-23-62(89)80-56(66(92)79-40)9-5-6-25-76/h11-13,15-22,29,34-36,40-41,46,56-60,63,78,87H,5-10,14,23-28,30-33,37-39,76H2,1-4H3,(H2,77,90)(H,79,92)(H,80,89)(H,81,91)(H,82,94)(H,83,97)(H,84,93)/t40-,41-,46-,56+,57+,58+,59+,60+,63+,72+/m1/s1. The van der Waals surface area contributed by atoms with Crippen molar-refractivity contribution in [1.29, 1.82) is 0 Å². The predicted molar refractivity (Wildman–Crippen MR) is 373 cm³/mol. The molecular weight excluding hydrogens is 1330 g/mol. The van der Waals surface area contributed by atoms with E-state index in [2.05, 4.69) is 36.9 Å². The molecule has 23 nitrogen and oxygen atoms in total. The topological polar surface area (TPSA) is 347 Å². The first-order chi connectivity index (χ1) is 47.8. The molecule has 4 aliphatic rings. The molecule has 1 aliphatic carbocycles. The number of H-pyrrole nitrogens is 1. The molecule has 2 bridgehead atoms. The van der Waals surface area contributed by atoms with E-state index < -0.39 is 143 Å². The first kappa shape index (κ1) is 75.5. The van der Waals surface area contributed by atoms with Crippen LogP contribution in [0.4, 0.5) is 13.2 Å². The number of methoxy groups -OCH3 is 1. The largest absolute Gasteiger partial charge is 0.497 e. The molecule has 9 amide bonds. The highest BCUT2D eigenvalue weighted by Crippen LogP contribution is 2.35. The number of aliphatic hydroxyl groups is 1. The van der Waals surface area contributed by atoms with Crippen LogP contribution >= 0.6 is 23.5 Å². The van der Waals surface area contributed by atoms with Crippen molar-refractivity contribution in [1.82, 2.24) is 46.7 Å². The van der Waals surface area contributed by atoms with E-state index in [9.17, 15) is 43.1 Å². The van der Waals surface area contributed by atoms with E-state index >= 15 is 23.2 Å². The lowest BCUT2D eigenvalue weighted by Crippen LogP contribution is -2.64. The van der Waals surface area contributed by atoms with Gasteiger partial charge in [-0.05, 0) is 173 Å². The summed E-state index contributed by atoms with van der Waals surface area (Å²) in [4.78, 5) is 151. The highest BCUT2D eigenvalue weighted by atomic mass is 32.2. The van der Waals surface area contributed by atoms with Crippen LogP contribution in [-0.4, -0.2) is 171 Å². The van der Waals surface area contributed by atoms with Crippen LogP contribution in [0.1, 0.15) is 118 Å². The third kappa shape index (κ3) is 19.0. The Morgan fingerprint density at radius 3 is 2.24 bits per heavy atom. The Hall–Kier alpha value is -8.73. The average molecular weight is 1420 g/mol. The molecule has 4 heterocycles. The smallest absolute Gasteiger partial charge is 0.246 e. The van der Waals surface area contributed by atoms with E-state index in [0.717, 1.165) is 5.56 Å². The van der Waals surface area contributed by atoms with Crippen LogP contribution in [0.3, 0.4) is 0 Å². The number of ketones is 1. The zero-order valence-electron chi connectivity index (χ0n) is 56.4. The summed E-state index contributed by atoms with van der Waals surface area (Å²) in [7, 11) is 1.48. The summed E-state index contributed by atoms with van der Waals surface area (Å²) >= 11 is 2.51. The van der Waals surface area contributed by atoms with Crippen molar-refractivity contribution in [2.24, 2.45) is 17.4 Å². The summed E-state index contributed by atoms with van der Waals surface area (Å²) in [5.74, 6) is -9.35. The molecule has 10 atom stereocenters. The molecule has 0 unspecified atom stereocenters. The number of nitrogens with two attached hydrogens (primary N) is 2. The normalized spacial score (nSPS) is 25.1. The summed E-state index contributed by atoms with van der Waals surface area (Å²) in [6, 6.07) is 9.84. The van der Waals surface area contributed by atoms with Gasteiger partial charge in [0.2, 0.25) is 53.2 Å². The maximum atomic E-state index is 15.5. The van der Waals surface area contributed by atoms with Gasteiger partial charge in [-0.3, -0.25) is 47.9 Å². The van der Waals surface area contributed by atoms with Crippen LogP contribution in [-0.2, 0) is 78.7 Å². The van der Waals surface area contributed by atoms with Crippen molar-refractivity contribution >= 4 is 98.9 Å². The van der Waals surface area contributed by atoms with Gasteiger partial charge in [0, 0.05) is 84.8 Å². The Kier molecular flexibility index (Phi) is 26.1. The molecule has 0 spiro atoms. The van der Waals surface area contributed by atoms with Gasteiger partial charge in [0.15, 0.2) is 5.78 Å². The number of aliphatic hydroxyl groups excluding tert-OH is 1. The van der Waals surface area contributed by atoms with Crippen LogP contribution in [0.25, 0.3) is 16.5 Å². The number of fused-ring (bicyclic) bond motifs is 6. The van der Waals surface area contributed by atoms with Gasteiger partial charge in [-0.2, -0.15) is 23.5 Å². The summed E-state index contributed by atoms with van der Waals surface area (Å²) in [5, 5.41) is 28.3. The molecule has 2 fully saturated rings. The van der Waals surface area contributed by atoms with Crippen molar-refractivity contribution in [2.45, 2.75) is 170 Å². The van der Waals surface area contributed by atoms with Gasteiger partial charge in [0.05, 0.1) is 19.3 Å². The van der Waals surface area contributed by atoms with Crippen LogP contribution in [0.15, 0.2) is 91.1 Å². The van der Waals surface area contributed by atoms with Crippen LogP contribution in [0, 0.1) is 23.4 Å². The van der Waals surface area contributed by atoms with Crippen molar-refractivity contribution in [3.05, 3.63) is 142 Å². The number of hydrogen-bond acceptors (Lipinski definition) is 15. The fraction of sp³-hybridized carbons (Fsp3) is 0.472. The van der Waals surface area contributed by atoms with Gasteiger partial charge in [-0.1, -0.05) is 36.4 Å². The molecule has 100 heavy (non-hydrogen) atoms. The molecule has 9 rings (SSSR count). The van der Waals surface area contributed by atoms with E-state index in [1.165, 1.54) is 97.6 Å². The van der Waals surface area contributed by atoms with Crippen LogP contribution in [0.2, 0.25) is 0 Å². The molecule has 0 radical (unpaired) electrons. The number of carbonyl (C=O) groups excluding carboxylic acids is 10. The highest BCUT2D eigenvalue weighted by molar-refractivity contribution is 7.98. The Morgan fingerprint density at radius 2 is 1.50 bits per heavy atom. The maximum absolute atomic E-state index is 15.5. The number of amides is 9. The van der Waals surface area contributed by atoms with Crippen LogP contribution in [0.5, 0.6) is 5.75 Å². The number of Topliss-reactive ketones (excluding diaryl/α,β-unsaturated/α-hetero) is 1. The second-order valence-corrected chi connectivity index (χ2v) is 28.4. The fourth-order valence-electron chi connectivity index (χ4n) is 13.3. The van der Waals surface area contributed by atoms with E-state index in [-0.39, 0.29) is 87.5 Å². The number of nitrogens with one attached hydrogen (secondary N) is 7. The lowest BCUT2D eigenvalue weighted by atomic mass is 9.90. The van der Waals surface area contributed by atoms with E-state index in [4.69, 9.17) is 16.2 Å². The third-order valence-electron chi connectivity index (χ3n) is 19.0. The number of benzene rings is 4. The first-order valence-corrected chi connectivity index (χ1v) is 36.1. The number of rotatable bonds is 13. The minimum atomic E-state index is -1.75. The Bertz CT molecular complexity index is 3900. The number of carbonyl (C=O) groups is 10. The molecule has 536 valence electrons. The number of ether oxygens (including phenoxy) is 1.